The fraction of sp³-hybridized carbons (Fsp3) is 0.690. The number of Topliss-reactive ketones (excluding diaryl/α,β-unsaturated/α-hetero) is 1. The molecule has 0 saturated carbocycles. The van der Waals surface area contributed by atoms with Crippen LogP contribution >= 0.6 is 26.0 Å². The number of phosphoric ester groups is 1. The van der Waals surface area contributed by atoms with Crippen LogP contribution in [0, 0.1) is 0 Å². The van der Waals surface area contributed by atoms with Crippen molar-refractivity contribution < 1.29 is 79.3 Å². The molecule has 3 unspecified atom stereocenters. The van der Waals surface area contributed by atoms with Crippen molar-refractivity contribution in [3.63, 3.8) is 0 Å². The molecular formula is C29H42F2N8O15P2S. The monoisotopic (exact) mass is 874 g/mol. The average molecular weight is 875 g/mol. The van der Waals surface area contributed by atoms with Gasteiger partial charge in [-0.1, -0.05) is 0 Å². The van der Waals surface area contributed by atoms with Crippen LogP contribution in [0.3, 0.4) is 0 Å². The second-order valence-corrected chi connectivity index (χ2v) is 18.1. The number of nitrogens with two attached hydrogens (primary N) is 2. The number of ketones is 1. The summed E-state index contributed by atoms with van der Waals surface area (Å²) in [4.78, 5) is 48.1. The first-order valence-corrected chi connectivity index (χ1v) is 22.1. The van der Waals surface area contributed by atoms with Crippen molar-refractivity contribution >= 4 is 54.7 Å². The fourth-order valence-electron chi connectivity index (χ4n) is 5.91. The third-order valence-electron chi connectivity index (χ3n) is 8.63. The summed E-state index contributed by atoms with van der Waals surface area (Å²) in [5, 5.41) is 12.5. The van der Waals surface area contributed by atoms with Crippen LogP contribution in [0.15, 0.2) is 24.9 Å². The van der Waals surface area contributed by atoms with E-state index in [0.29, 0.717) is 37.7 Å². The van der Waals surface area contributed by atoms with Crippen LogP contribution in [0.2, 0.25) is 0 Å². The van der Waals surface area contributed by atoms with Crippen molar-refractivity contribution in [2.24, 2.45) is 5.73 Å². The van der Waals surface area contributed by atoms with E-state index in [1.807, 2.05) is 0 Å². The van der Waals surface area contributed by atoms with E-state index in [1.165, 1.54) is 0 Å². The number of rotatable bonds is 16. The predicted octanol–water partition coefficient (Wildman–Crippen LogP) is -0.345. The molecular weight excluding hydrogens is 832 g/mol. The Morgan fingerprint density at radius 3 is 2.39 bits per heavy atom. The van der Waals surface area contributed by atoms with E-state index in [9.17, 15) is 28.7 Å². The minimum atomic E-state index is -5.22. The molecule has 7 N–H and O–H groups in total. The highest BCUT2D eigenvalue weighted by atomic mass is 32.7. The summed E-state index contributed by atoms with van der Waals surface area (Å²) in [5.74, 6) is -1.85. The number of nitrogens with one attached hydrogen (secondary N) is 1. The lowest BCUT2D eigenvalue weighted by molar-refractivity contribution is -0.147. The van der Waals surface area contributed by atoms with Gasteiger partial charge in [0.05, 0.1) is 51.7 Å². The normalized spacial score (nSPS) is 34.7. The molecule has 4 aliphatic heterocycles. The summed E-state index contributed by atoms with van der Waals surface area (Å²) in [5.41, 5.74) is 11.4. The maximum absolute atomic E-state index is 16.3. The van der Waals surface area contributed by atoms with Crippen LogP contribution in [0.1, 0.15) is 12.6 Å². The SMILES string of the molecule is NCCCOCCOCCOCC(=O)CSP1(=O)OC[C@H]2O[C@@H](n3cnc4c(N)ncnc43)[C@H](F)[C@@H]2OP(=O)(O)OC[C@H]2O[C@@H](N3C=CC(=O)NC3O)[C@H](F)[C@@H]2O1. The van der Waals surface area contributed by atoms with Crippen molar-refractivity contribution in [1.29, 1.82) is 0 Å². The fourth-order valence-corrected chi connectivity index (χ4v) is 10.1. The zero-order valence-corrected chi connectivity index (χ0v) is 32.5. The van der Waals surface area contributed by atoms with Gasteiger partial charge in [-0.3, -0.25) is 32.3 Å². The van der Waals surface area contributed by atoms with E-state index in [4.69, 9.17) is 53.2 Å². The first-order chi connectivity index (χ1) is 27.3. The maximum atomic E-state index is 16.3. The van der Waals surface area contributed by atoms with Gasteiger partial charge in [0.1, 0.15) is 42.9 Å². The molecule has 318 valence electrons. The van der Waals surface area contributed by atoms with Crippen molar-refractivity contribution in [2.45, 2.75) is 62.0 Å². The zero-order valence-electron chi connectivity index (χ0n) is 29.9. The molecule has 0 spiro atoms. The summed E-state index contributed by atoms with van der Waals surface area (Å²) < 4.78 is 111. The summed E-state index contributed by atoms with van der Waals surface area (Å²) >= 11 is 0.353. The van der Waals surface area contributed by atoms with Crippen molar-refractivity contribution in [1.82, 2.24) is 29.7 Å². The van der Waals surface area contributed by atoms with Crippen LogP contribution in [0.5, 0.6) is 0 Å². The first kappa shape index (κ1) is 43.8. The van der Waals surface area contributed by atoms with Crippen LogP contribution in [0.4, 0.5) is 14.6 Å². The van der Waals surface area contributed by atoms with Gasteiger partial charge in [0.15, 0.2) is 42.0 Å². The number of nitrogen functional groups attached to an aromatic ring is 1. The Hall–Kier alpha value is -2.78. The largest absolute Gasteiger partial charge is 0.472 e. The molecule has 2 aromatic rings. The number of carbonyl (C=O) groups is 2. The maximum Gasteiger partial charge on any atom is 0.472 e. The number of nitrogens with zero attached hydrogens (tertiary/aromatic N) is 5. The molecule has 11 atom stereocenters. The molecule has 57 heavy (non-hydrogen) atoms. The molecule has 6 rings (SSSR count). The smallest absolute Gasteiger partial charge is 0.382 e. The number of halogens is 2. The predicted molar refractivity (Wildman–Crippen MR) is 190 cm³/mol. The molecule has 0 radical (unpaired) electrons. The third-order valence-corrected chi connectivity index (χ3v) is 13.3. The van der Waals surface area contributed by atoms with Crippen LogP contribution < -0.4 is 16.8 Å². The number of carbonyl (C=O) groups excluding carboxylic acids is 2. The number of imidazole rings is 1. The summed E-state index contributed by atoms with van der Waals surface area (Å²) in [7, 11) is -5.22. The van der Waals surface area contributed by atoms with E-state index in [1.54, 1.807) is 0 Å². The quantitative estimate of drug-likeness (QED) is 0.106. The highest BCUT2D eigenvalue weighted by Crippen LogP contribution is 2.63. The van der Waals surface area contributed by atoms with Gasteiger partial charge in [-0.15, -0.1) is 0 Å². The molecule has 28 heteroatoms. The van der Waals surface area contributed by atoms with Crippen LogP contribution in [0.25, 0.3) is 11.2 Å². The molecule has 23 nitrogen and oxygen atoms in total. The van der Waals surface area contributed by atoms with Gasteiger partial charge in [0.2, 0.25) is 12.3 Å². The number of amides is 1. The van der Waals surface area contributed by atoms with E-state index < -0.39 is 107 Å². The highest BCUT2D eigenvalue weighted by molar-refractivity contribution is 8.55. The van der Waals surface area contributed by atoms with Gasteiger partial charge in [-0.25, -0.2) is 32.9 Å². The summed E-state index contributed by atoms with van der Waals surface area (Å²) in [6, 6.07) is 0. The topological polar surface area (TPSA) is 303 Å². The Morgan fingerprint density at radius 2 is 1.65 bits per heavy atom. The molecule has 6 heterocycles. The number of anilines is 1. The van der Waals surface area contributed by atoms with Crippen LogP contribution in [-0.4, -0.2) is 161 Å². The molecule has 1 amide bonds. The Morgan fingerprint density at radius 1 is 0.982 bits per heavy atom. The van der Waals surface area contributed by atoms with Crippen molar-refractivity contribution in [3.8, 4) is 0 Å². The first-order valence-electron chi connectivity index (χ1n) is 17.4. The van der Waals surface area contributed by atoms with Gasteiger partial charge in [-0.2, -0.15) is 0 Å². The van der Waals surface area contributed by atoms with Gasteiger partial charge in [0.25, 0.3) is 0 Å². The second kappa shape index (κ2) is 19.5. The average Bonchev–Trinajstić information content (AvgIpc) is 3.83. The molecule has 0 bridgehead atoms. The van der Waals surface area contributed by atoms with E-state index >= 15 is 8.78 Å². The van der Waals surface area contributed by atoms with E-state index in [-0.39, 0.29) is 30.2 Å². The summed E-state index contributed by atoms with van der Waals surface area (Å²) in [6.45, 7) is -5.11. The second-order valence-electron chi connectivity index (χ2n) is 12.6. The van der Waals surface area contributed by atoms with Gasteiger partial charge in [0, 0.05) is 18.9 Å². The summed E-state index contributed by atoms with van der Waals surface area (Å²) in [6.07, 6.45) is -11.8. The molecule has 3 fully saturated rings. The zero-order chi connectivity index (χ0) is 40.7. The molecule has 0 aliphatic carbocycles. The lowest BCUT2D eigenvalue weighted by Gasteiger charge is -2.34. The molecule has 0 aromatic carbocycles. The Balaban J connectivity index is 1.18. The van der Waals surface area contributed by atoms with Gasteiger partial charge in [-0.05, 0) is 24.3 Å². The number of aromatic nitrogens is 4. The molecule has 4 aliphatic rings. The number of alkyl halides is 2. The Bertz CT molecular complexity index is 1840. The van der Waals surface area contributed by atoms with E-state index in [2.05, 4.69) is 20.3 Å². The Kier molecular flexibility index (Phi) is 15.0. The third kappa shape index (κ3) is 10.9. The minimum Gasteiger partial charge on any atom is -0.382 e. The van der Waals surface area contributed by atoms with Gasteiger partial charge < -0.3 is 55.4 Å². The van der Waals surface area contributed by atoms with Crippen LogP contribution in [-0.2, 0) is 60.5 Å². The Labute approximate surface area is 326 Å². The van der Waals surface area contributed by atoms with Gasteiger partial charge >= 0.3 is 14.6 Å². The number of phosphoric acid groups is 1. The number of hydrogen-bond donors (Lipinski definition) is 5. The molecule has 2 aromatic heterocycles. The number of hydrogen-bond acceptors (Lipinski definition) is 21. The number of aliphatic hydroxyl groups is 1. The number of ether oxygens (including phenoxy) is 5. The lowest BCUT2D eigenvalue weighted by Crippen LogP contribution is -2.54. The lowest BCUT2D eigenvalue weighted by atomic mass is 10.1. The molecule has 3 saturated heterocycles. The van der Waals surface area contributed by atoms with Crippen molar-refractivity contribution in [3.05, 3.63) is 24.9 Å². The van der Waals surface area contributed by atoms with Crippen molar-refractivity contribution in [2.75, 3.05) is 70.9 Å². The number of fused-ring (bicyclic) bond motifs is 3. The van der Waals surface area contributed by atoms with E-state index in [0.717, 1.165) is 40.8 Å². The minimum absolute atomic E-state index is 0.0218. The highest BCUT2D eigenvalue weighted by Gasteiger charge is 2.56. The standard InChI is InChI=1S/C29H42F2N8O15P2S/c30-20-23-18(52-28(20)39-15-36-22-25(33)34-14-35-26(22)39)12-50-56(45,57-13-16(40)10-48-9-8-47-7-6-46-5-1-3-32)54-24-17(11-49-55(43,44)53-23)51-27(21(24)31)38-4-2-19(41)37-29(38)42/h2,4,14-15,17-18,20-21,23-24,27-29,42H,1,3,5-13,32H2,(H,37,41)(H,43,44)(H2,33,34,35)/t17-,18-,20-,21-,23-,24-,27-,28-,29?,56?/m1/s1. The number of aliphatic hydroxyl groups excluding tert-OH is 1.